The maximum Gasteiger partial charge on any atom is 0.338 e. The highest BCUT2D eigenvalue weighted by atomic mass is 32.2. The number of anilines is 2. The first-order valence-corrected chi connectivity index (χ1v) is 14.1. The summed E-state index contributed by atoms with van der Waals surface area (Å²) in [6, 6.07) is 19.5. The van der Waals surface area contributed by atoms with Gasteiger partial charge in [-0.25, -0.2) is 32.9 Å². The molecule has 214 valence electrons. The average molecular weight is 587 g/mol. The molecule has 0 fully saturated rings. The molecule has 13 heteroatoms. The van der Waals surface area contributed by atoms with E-state index in [2.05, 4.69) is 30.0 Å². The van der Waals surface area contributed by atoms with Gasteiger partial charge in [-0.05, 0) is 86.6 Å². The molecular weight excluding hydrogens is 560 g/mol. The van der Waals surface area contributed by atoms with Gasteiger partial charge >= 0.3 is 5.97 Å². The molecule has 0 aliphatic carbocycles. The van der Waals surface area contributed by atoms with Crippen molar-refractivity contribution in [2.24, 2.45) is 0 Å². The Balaban J connectivity index is 1.17. The van der Waals surface area contributed by atoms with Gasteiger partial charge in [-0.3, -0.25) is 4.79 Å². The molecule has 0 aliphatic rings. The maximum absolute atomic E-state index is 12.7. The molecule has 0 radical (unpaired) electrons. The molecule has 0 aliphatic heterocycles. The fourth-order valence-electron chi connectivity index (χ4n) is 4.10. The molecule has 3 aromatic carbocycles. The first-order chi connectivity index (χ1) is 20.1. The molecule has 0 saturated heterocycles. The lowest BCUT2D eigenvalue weighted by Gasteiger charge is -2.10. The van der Waals surface area contributed by atoms with Gasteiger partial charge in [0.1, 0.15) is 11.6 Å². The minimum absolute atomic E-state index is 0.0314. The summed E-state index contributed by atoms with van der Waals surface area (Å²) in [6.45, 7) is 2.93. The van der Waals surface area contributed by atoms with Crippen LogP contribution < -0.4 is 14.8 Å². The van der Waals surface area contributed by atoms with Crippen LogP contribution in [-0.2, 0) is 19.6 Å². The molecule has 5 aromatic rings. The van der Waals surface area contributed by atoms with E-state index in [0.29, 0.717) is 33.9 Å². The van der Waals surface area contributed by atoms with Crippen molar-refractivity contribution >= 4 is 44.6 Å². The molecule has 2 heterocycles. The van der Waals surface area contributed by atoms with Gasteiger partial charge in [-0.15, -0.1) is 0 Å². The third-order valence-corrected chi connectivity index (χ3v) is 7.42. The lowest BCUT2D eigenvalue weighted by molar-refractivity contribution is -0.119. The van der Waals surface area contributed by atoms with Crippen LogP contribution >= 0.6 is 0 Å². The van der Waals surface area contributed by atoms with Crippen LogP contribution in [0.15, 0.2) is 77.7 Å². The van der Waals surface area contributed by atoms with Crippen LogP contribution in [0.1, 0.15) is 21.7 Å². The molecule has 42 heavy (non-hydrogen) atoms. The number of hydrogen-bond acceptors (Lipinski definition) is 9. The molecule has 0 atom stereocenters. The molecule has 0 unspecified atom stereocenters. The predicted octanol–water partition coefficient (Wildman–Crippen LogP) is 4.24. The van der Waals surface area contributed by atoms with Crippen molar-refractivity contribution in [2.45, 2.75) is 18.7 Å². The van der Waals surface area contributed by atoms with Gasteiger partial charge in [0.25, 0.3) is 15.9 Å². The zero-order chi connectivity index (χ0) is 29.9. The van der Waals surface area contributed by atoms with E-state index >= 15 is 0 Å². The SMILES string of the molecule is COc1ccc(-c2nc3ccc(C(=O)OCC(=O)Nc4ccc(S(=O)(=O)Nc5nc(C)cc(C)n5)cc4)cc3[nH]2)cc1. The van der Waals surface area contributed by atoms with E-state index < -0.39 is 28.5 Å². The minimum atomic E-state index is -3.95. The summed E-state index contributed by atoms with van der Waals surface area (Å²) in [5.41, 5.74) is 3.97. The highest BCUT2D eigenvalue weighted by molar-refractivity contribution is 7.92. The minimum Gasteiger partial charge on any atom is -0.497 e. The Morgan fingerprint density at radius 3 is 2.24 bits per heavy atom. The topological polar surface area (TPSA) is 165 Å². The van der Waals surface area contributed by atoms with Crippen molar-refractivity contribution in [1.29, 1.82) is 0 Å². The van der Waals surface area contributed by atoms with E-state index in [-0.39, 0.29) is 16.4 Å². The first kappa shape index (κ1) is 28.2. The molecule has 5 rings (SSSR count). The Hall–Kier alpha value is -5.30. The normalized spacial score (nSPS) is 11.2. The number of rotatable bonds is 9. The first-order valence-electron chi connectivity index (χ1n) is 12.7. The molecule has 12 nitrogen and oxygen atoms in total. The molecule has 0 saturated carbocycles. The zero-order valence-corrected chi connectivity index (χ0v) is 23.7. The van der Waals surface area contributed by atoms with Gasteiger partial charge in [0, 0.05) is 22.6 Å². The third kappa shape index (κ3) is 6.53. The number of aromatic amines is 1. The number of sulfonamides is 1. The van der Waals surface area contributed by atoms with E-state index in [4.69, 9.17) is 9.47 Å². The smallest absolute Gasteiger partial charge is 0.338 e. The van der Waals surface area contributed by atoms with Crippen molar-refractivity contribution in [3.63, 3.8) is 0 Å². The molecule has 0 bridgehead atoms. The second-order valence-electron chi connectivity index (χ2n) is 9.27. The summed E-state index contributed by atoms with van der Waals surface area (Å²) >= 11 is 0. The molecule has 2 aromatic heterocycles. The number of carbonyl (C=O) groups excluding carboxylic acids is 2. The number of benzene rings is 3. The second-order valence-corrected chi connectivity index (χ2v) is 11.0. The number of aryl methyl sites for hydroxylation is 2. The Morgan fingerprint density at radius 2 is 1.57 bits per heavy atom. The van der Waals surface area contributed by atoms with Gasteiger partial charge < -0.3 is 19.8 Å². The summed E-state index contributed by atoms with van der Waals surface area (Å²) in [5.74, 6) is 0.0476. The van der Waals surface area contributed by atoms with Gasteiger partial charge in [0.15, 0.2) is 6.61 Å². The number of amides is 1. The summed E-state index contributed by atoms with van der Waals surface area (Å²) in [7, 11) is -2.35. The van der Waals surface area contributed by atoms with E-state index in [0.717, 1.165) is 11.3 Å². The highest BCUT2D eigenvalue weighted by Gasteiger charge is 2.17. The number of methoxy groups -OCH3 is 1. The van der Waals surface area contributed by atoms with Crippen LogP contribution in [0.3, 0.4) is 0 Å². The van der Waals surface area contributed by atoms with Gasteiger partial charge in [-0.2, -0.15) is 0 Å². The van der Waals surface area contributed by atoms with Gasteiger partial charge in [-0.1, -0.05) is 0 Å². The molecule has 1 amide bonds. The lowest BCUT2D eigenvalue weighted by Crippen LogP contribution is -2.21. The lowest BCUT2D eigenvalue weighted by atomic mass is 10.2. The molecular formula is C29H26N6O6S. The summed E-state index contributed by atoms with van der Waals surface area (Å²) in [6.07, 6.45) is 0. The zero-order valence-electron chi connectivity index (χ0n) is 22.8. The number of fused-ring (bicyclic) bond motifs is 1. The number of esters is 1. The maximum atomic E-state index is 12.7. The van der Waals surface area contributed by atoms with Crippen LogP contribution in [-0.4, -0.2) is 53.9 Å². The number of ether oxygens (including phenoxy) is 2. The summed E-state index contributed by atoms with van der Waals surface area (Å²) < 4.78 is 38.1. The van der Waals surface area contributed by atoms with Crippen molar-refractivity contribution in [3.8, 4) is 17.1 Å². The van der Waals surface area contributed by atoms with Crippen LogP contribution in [0.5, 0.6) is 5.75 Å². The van der Waals surface area contributed by atoms with Crippen LogP contribution in [0, 0.1) is 13.8 Å². The van der Waals surface area contributed by atoms with Crippen LogP contribution in [0.4, 0.5) is 11.6 Å². The number of imidazole rings is 1. The van der Waals surface area contributed by atoms with E-state index in [1.165, 1.54) is 24.3 Å². The Kier molecular flexibility index (Phi) is 7.84. The number of aromatic nitrogens is 4. The number of H-pyrrole nitrogens is 1. The monoisotopic (exact) mass is 586 g/mol. The quantitative estimate of drug-likeness (QED) is 0.214. The third-order valence-electron chi connectivity index (χ3n) is 6.07. The highest BCUT2D eigenvalue weighted by Crippen LogP contribution is 2.24. The second kappa shape index (κ2) is 11.7. The Labute approximate surface area is 241 Å². The van der Waals surface area contributed by atoms with Gasteiger partial charge in [0.05, 0.1) is 28.6 Å². The number of nitrogens with zero attached hydrogens (tertiary/aromatic N) is 3. The fraction of sp³-hybridized carbons (Fsp3) is 0.138. The fourth-order valence-corrected chi connectivity index (χ4v) is 5.05. The van der Waals surface area contributed by atoms with Crippen molar-refractivity contribution < 1.29 is 27.5 Å². The van der Waals surface area contributed by atoms with Crippen LogP contribution in [0.25, 0.3) is 22.4 Å². The Bertz CT molecular complexity index is 1870. The average Bonchev–Trinajstić information content (AvgIpc) is 3.39. The largest absolute Gasteiger partial charge is 0.497 e. The van der Waals surface area contributed by atoms with E-state index in [9.17, 15) is 18.0 Å². The number of carbonyl (C=O) groups is 2. The van der Waals surface area contributed by atoms with Crippen molar-refractivity contribution in [3.05, 3.63) is 89.7 Å². The number of nitrogens with one attached hydrogen (secondary N) is 3. The molecule has 3 N–H and O–H groups in total. The van der Waals surface area contributed by atoms with Gasteiger partial charge in [0.2, 0.25) is 5.95 Å². The van der Waals surface area contributed by atoms with Crippen molar-refractivity contribution in [1.82, 2.24) is 19.9 Å². The standard InChI is InChI=1S/C29H26N6O6S/c1-17-14-18(2)31-29(30-17)35-42(38,39)23-11-7-21(8-12-23)32-26(36)16-41-28(37)20-6-13-24-25(15-20)34-27(33-24)19-4-9-22(40-3)10-5-19/h4-15H,16H2,1-3H3,(H,32,36)(H,33,34)(H,30,31,35). The van der Waals surface area contributed by atoms with E-state index in [1.54, 1.807) is 45.2 Å². The predicted molar refractivity (Wildman–Crippen MR) is 156 cm³/mol. The summed E-state index contributed by atoms with van der Waals surface area (Å²) in [4.78, 5) is 40.9. The molecule has 0 spiro atoms. The Morgan fingerprint density at radius 1 is 0.881 bits per heavy atom. The number of hydrogen-bond donors (Lipinski definition) is 3. The van der Waals surface area contributed by atoms with Crippen molar-refractivity contribution in [2.75, 3.05) is 23.8 Å². The van der Waals surface area contributed by atoms with E-state index in [1.807, 2.05) is 24.3 Å². The van der Waals surface area contributed by atoms with Crippen LogP contribution in [0.2, 0.25) is 0 Å². The summed E-state index contributed by atoms with van der Waals surface area (Å²) in [5, 5.41) is 2.57.